The Morgan fingerprint density at radius 1 is 0.624 bits per heavy atom. The second-order valence-corrected chi connectivity index (χ2v) is 23.4. The molecule has 0 bridgehead atoms. The highest BCUT2D eigenvalue weighted by molar-refractivity contribution is 6.00. The molecule has 11 amide bonds. The van der Waals surface area contributed by atoms with E-state index in [2.05, 4.69) is 82.7 Å². The molecule has 0 spiro atoms. The number of hydrogen-bond acceptors (Lipinski definition) is 15. The summed E-state index contributed by atoms with van der Waals surface area (Å²) >= 11 is 0. The molecule has 2 aliphatic rings. The van der Waals surface area contributed by atoms with Gasteiger partial charge in [0.2, 0.25) is 65.0 Å². The normalized spacial score (nSPS) is 16.8. The zero-order valence-corrected chi connectivity index (χ0v) is 51.4. The van der Waals surface area contributed by atoms with E-state index in [0.29, 0.717) is 39.8 Å². The minimum absolute atomic E-state index is 0.00772. The number of hydrogen-bond donors (Lipinski definition) is 17. The van der Waals surface area contributed by atoms with E-state index in [-0.39, 0.29) is 95.1 Å². The van der Waals surface area contributed by atoms with E-state index < -0.39 is 127 Å². The minimum atomic E-state index is -1.76. The number of aromatic nitrogens is 6. The van der Waals surface area contributed by atoms with Crippen molar-refractivity contribution in [2.75, 3.05) is 26.2 Å². The molecule has 20 N–H and O–H groups in total. The van der Waals surface area contributed by atoms with Crippen LogP contribution in [0.15, 0.2) is 91.0 Å². The summed E-state index contributed by atoms with van der Waals surface area (Å²) < 4.78 is 0. The van der Waals surface area contributed by atoms with Gasteiger partial charge in [-0.25, -0.2) is 9.97 Å². The van der Waals surface area contributed by atoms with Gasteiger partial charge < -0.3 is 95.0 Å². The van der Waals surface area contributed by atoms with Crippen LogP contribution in [0.1, 0.15) is 81.3 Å². The van der Waals surface area contributed by atoms with Crippen molar-refractivity contribution < 1.29 is 57.8 Å². The molecule has 0 saturated carbocycles. The third-order valence-corrected chi connectivity index (χ3v) is 16.0. The van der Waals surface area contributed by atoms with Crippen molar-refractivity contribution in [3.8, 4) is 0 Å². The van der Waals surface area contributed by atoms with Gasteiger partial charge in [-0.15, -0.1) is 0 Å². The number of nitrogens with one attached hydrogen (secondary N) is 13. The number of aliphatic imine (C=N–C) groups is 1. The summed E-state index contributed by atoms with van der Waals surface area (Å²) in [6, 6.07) is 2.36. The van der Waals surface area contributed by atoms with Crippen LogP contribution in [-0.4, -0.2) is 191 Å². The van der Waals surface area contributed by atoms with Crippen LogP contribution in [-0.2, 0) is 78.4 Å². The second-order valence-electron chi connectivity index (χ2n) is 23.4. The third kappa shape index (κ3) is 19.0. The molecule has 9 atom stereocenters. The molecule has 2 fully saturated rings. The van der Waals surface area contributed by atoms with Crippen molar-refractivity contribution in [1.82, 2.24) is 82.7 Å². The molecule has 2 aliphatic heterocycles. The van der Waals surface area contributed by atoms with Gasteiger partial charge in [0.1, 0.15) is 54.4 Å². The lowest BCUT2D eigenvalue weighted by Gasteiger charge is -2.30. The molecule has 6 aromatic rings. The molecule has 32 heteroatoms. The number of guanidine groups is 1. The molecule has 0 radical (unpaired) electrons. The van der Waals surface area contributed by atoms with E-state index in [1.165, 1.54) is 29.9 Å². The molecule has 496 valence electrons. The van der Waals surface area contributed by atoms with Crippen LogP contribution in [0, 0.1) is 5.92 Å². The third-order valence-electron chi connectivity index (χ3n) is 16.0. The van der Waals surface area contributed by atoms with Crippen molar-refractivity contribution in [1.29, 1.82) is 0 Å². The molecule has 32 nitrogen and oxygen atoms in total. The quantitative estimate of drug-likeness (QED) is 0.0109. The van der Waals surface area contributed by atoms with Crippen LogP contribution < -0.4 is 65.1 Å². The number of carbonyl (C=O) groups excluding carboxylic acids is 11. The van der Waals surface area contributed by atoms with Crippen LogP contribution in [0.2, 0.25) is 0 Å². The Balaban J connectivity index is 1.02. The maximum absolute atomic E-state index is 14.9. The molecule has 4 aromatic heterocycles. The van der Waals surface area contributed by atoms with Gasteiger partial charge in [-0.2, -0.15) is 0 Å². The number of para-hydroxylation sites is 2. The number of amides is 11. The largest absolute Gasteiger partial charge is 0.394 e. The standard InChI is InChI=1S/C61H80N20O12/c1-32(2)19-43(53(86)76-44(20-33-24-68-39-11-5-3-9-37(33)39)54(87)74-42(13-7-17-67-61(63)64)60(93)81-18-8-14-49(81)59(92)70-28-50(62)83)75-56(89)47(23-36-27-66-31-72-36)79-58(91)48(29-82)80-55(88)45(21-34-25-69-40-12-6-4-10-38(34)40)77-57(90)46(22-35-26-65-30-71-35)78-52(85)41-15-16-51(84)73-41/h3-6,9-12,24-27,30-32,41-49,68-69,82H,7-8,13-23,28-29H2,1-2H3,(H2,62,83)(H,65,71)(H,66,72)(H,70,92)(H,73,84)(H,74,87)(H,75,89)(H,76,86)(H,77,90)(H,78,85)(H,79,91)(H,80,88)(H4,63,64,67)/t41-,42-,43+,44-,45-,46-,47-,48-,49-/m0/s1. The number of nitrogens with zero attached hydrogens (tertiary/aromatic N) is 4. The fourth-order valence-electron chi connectivity index (χ4n) is 11.3. The SMILES string of the molecule is CC(C)C[C@@H](NC(=O)[C@H](Cc1cnc[nH]1)NC(=O)[C@H](CO)NC(=O)[C@H](Cc1c[nH]c2ccccc12)NC(=O)[C@H](Cc1cnc[nH]1)NC(=O)[C@@H]1CCC(=O)N1)C(=O)N[C@@H](Cc1c[nH]c2ccccc12)C(=O)N[C@@H](CCCN=C(N)N)C(=O)N1CCC[C@H]1C(=O)NCC(N)=O. The number of benzene rings is 2. The van der Waals surface area contributed by atoms with Gasteiger partial charge in [-0.3, -0.25) is 57.7 Å². The average molecular weight is 1290 g/mol. The molecule has 2 saturated heterocycles. The van der Waals surface area contributed by atoms with Crippen LogP contribution in [0.4, 0.5) is 0 Å². The smallest absolute Gasteiger partial charge is 0.245 e. The molecule has 8 rings (SSSR count). The van der Waals surface area contributed by atoms with E-state index in [4.69, 9.17) is 17.2 Å². The first-order valence-electron chi connectivity index (χ1n) is 30.6. The summed E-state index contributed by atoms with van der Waals surface area (Å²) in [5.74, 6) is -8.82. The number of nitrogens with two attached hydrogens (primary N) is 3. The van der Waals surface area contributed by atoms with Crippen LogP contribution in [0.25, 0.3) is 21.8 Å². The van der Waals surface area contributed by atoms with Crippen molar-refractivity contribution in [2.45, 2.75) is 139 Å². The summed E-state index contributed by atoms with van der Waals surface area (Å²) in [7, 11) is 0. The van der Waals surface area contributed by atoms with Crippen LogP contribution >= 0.6 is 0 Å². The molecular weight excluding hydrogens is 1200 g/mol. The van der Waals surface area contributed by atoms with Crippen LogP contribution in [0.5, 0.6) is 0 Å². The zero-order valence-electron chi connectivity index (χ0n) is 51.4. The Morgan fingerprint density at radius 2 is 1.12 bits per heavy atom. The highest BCUT2D eigenvalue weighted by Crippen LogP contribution is 2.24. The highest BCUT2D eigenvalue weighted by Gasteiger charge is 2.40. The summed E-state index contributed by atoms with van der Waals surface area (Å²) in [5.41, 5.74) is 19.9. The number of primary amides is 1. The predicted octanol–water partition coefficient (Wildman–Crippen LogP) is -3.28. The van der Waals surface area contributed by atoms with E-state index in [0.717, 1.165) is 10.9 Å². The number of carbonyl (C=O) groups is 11. The van der Waals surface area contributed by atoms with Gasteiger partial charge in [0.25, 0.3) is 0 Å². The first-order valence-corrected chi connectivity index (χ1v) is 30.6. The zero-order chi connectivity index (χ0) is 66.7. The lowest BCUT2D eigenvalue weighted by atomic mass is 9.99. The molecular formula is C61H80N20O12. The summed E-state index contributed by atoms with van der Waals surface area (Å²) in [6.07, 6.45) is 9.38. The Kier molecular flexibility index (Phi) is 23.8. The number of likely N-dealkylation sites (tertiary alicyclic amines) is 1. The Hall–Kier alpha value is -10.7. The van der Waals surface area contributed by atoms with E-state index in [9.17, 15) is 57.8 Å². The fourth-order valence-corrected chi connectivity index (χ4v) is 11.3. The number of aliphatic hydroxyl groups is 1. The van der Waals surface area contributed by atoms with E-state index in [1.54, 1.807) is 50.5 Å². The van der Waals surface area contributed by atoms with Crippen molar-refractivity contribution >= 4 is 92.7 Å². The maximum atomic E-state index is 14.9. The first-order chi connectivity index (χ1) is 44.6. The summed E-state index contributed by atoms with van der Waals surface area (Å²) in [5, 5.41) is 36.2. The minimum Gasteiger partial charge on any atom is -0.394 e. The number of rotatable bonds is 33. The van der Waals surface area contributed by atoms with Crippen molar-refractivity contribution in [2.24, 2.45) is 28.1 Å². The van der Waals surface area contributed by atoms with E-state index in [1.807, 2.05) is 24.3 Å². The molecule has 93 heavy (non-hydrogen) atoms. The monoisotopic (exact) mass is 1280 g/mol. The molecule has 2 aromatic carbocycles. The maximum Gasteiger partial charge on any atom is 0.245 e. The van der Waals surface area contributed by atoms with Gasteiger partial charge in [0.05, 0.1) is 25.8 Å². The van der Waals surface area contributed by atoms with Gasteiger partial charge in [0, 0.05) is 103 Å². The number of H-pyrrole nitrogens is 4. The van der Waals surface area contributed by atoms with Gasteiger partial charge >= 0.3 is 0 Å². The van der Waals surface area contributed by atoms with E-state index >= 15 is 0 Å². The average Bonchev–Trinajstić information content (AvgIpc) is 1.78. The second kappa shape index (κ2) is 32.4. The topological polar surface area (TPSA) is 499 Å². The lowest BCUT2D eigenvalue weighted by Crippen LogP contribution is -2.61. The fraction of sp³-hybridized carbons (Fsp3) is 0.443. The Bertz CT molecular complexity index is 3650. The number of aromatic amines is 4. The Morgan fingerprint density at radius 3 is 1.61 bits per heavy atom. The first kappa shape index (κ1) is 68.3. The number of fused-ring (bicyclic) bond motifs is 2. The van der Waals surface area contributed by atoms with Crippen LogP contribution in [0.3, 0.4) is 0 Å². The molecule has 0 unspecified atom stereocenters. The highest BCUT2D eigenvalue weighted by atomic mass is 16.3. The molecule has 6 heterocycles. The number of imidazole rings is 2. The summed E-state index contributed by atoms with van der Waals surface area (Å²) in [6.45, 7) is 2.33. The predicted molar refractivity (Wildman–Crippen MR) is 337 cm³/mol. The molecule has 0 aliphatic carbocycles. The lowest BCUT2D eigenvalue weighted by molar-refractivity contribution is -0.142. The van der Waals surface area contributed by atoms with Gasteiger partial charge in [0.15, 0.2) is 5.96 Å². The van der Waals surface area contributed by atoms with Gasteiger partial charge in [-0.05, 0) is 67.7 Å². The number of aliphatic hydroxyl groups excluding tert-OH is 1. The summed E-state index contributed by atoms with van der Waals surface area (Å²) in [4.78, 5) is 178. The van der Waals surface area contributed by atoms with Gasteiger partial charge in [-0.1, -0.05) is 50.2 Å². The van der Waals surface area contributed by atoms with Crippen molar-refractivity contribution in [3.63, 3.8) is 0 Å². The van der Waals surface area contributed by atoms with Crippen molar-refractivity contribution in [3.05, 3.63) is 108 Å². The Labute approximate surface area is 533 Å².